The number of benzene rings is 1. The molecule has 0 saturated carbocycles. The highest BCUT2D eigenvalue weighted by Gasteiger charge is 2.17. The van der Waals surface area contributed by atoms with E-state index in [0.29, 0.717) is 11.7 Å². The lowest BCUT2D eigenvalue weighted by Crippen LogP contribution is -2.15. The fourth-order valence-electron chi connectivity index (χ4n) is 2.32. The van der Waals surface area contributed by atoms with E-state index in [4.69, 9.17) is 0 Å². The molecule has 1 amide bonds. The van der Waals surface area contributed by atoms with Crippen LogP contribution in [-0.2, 0) is 11.3 Å². The lowest BCUT2D eigenvalue weighted by atomic mass is 10.2. The number of hydrogen-bond donors (Lipinski definition) is 1. The number of nitrogens with one attached hydrogen (secondary N) is 1. The van der Waals surface area contributed by atoms with E-state index in [1.807, 2.05) is 29.0 Å². The fraction of sp³-hybridized carbons (Fsp3) is 0.188. The molecule has 0 bridgehead atoms. The number of aromatic nitrogens is 3. The van der Waals surface area contributed by atoms with Gasteiger partial charge >= 0.3 is 0 Å². The Bertz CT molecular complexity index is 924. The first kappa shape index (κ1) is 18.1. The van der Waals surface area contributed by atoms with Crippen molar-refractivity contribution in [3.63, 3.8) is 0 Å². The van der Waals surface area contributed by atoms with Gasteiger partial charge in [0.05, 0.1) is 15.6 Å². The summed E-state index contributed by atoms with van der Waals surface area (Å²) in [5.41, 5.74) is 0.0434. The first-order valence-corrected chi connectivity index (χ1v) is 9.59. The highest BCUT2D eigenvalue weighted by atomic mass is 32.2. The van der Waals surface area contributed by atoms with Crippen molar-refractivity contribution >= 4 is 40.4 Å². The molecule has 2 heterocycles. The van der Waals surface area contributed by atoms with Crippen molar-refractivity contribution in [2.45, 2.75) is 18.6 Å². The smallest absolute Gasteiger partial charge is 0.292 e. The number of para-hydroxylation sites is 2. The van der Waals surface area contributed by atoms with E-state index in [1.54, 1.807) is 23.5 Å². The van der Waals surface area contributed by atoms with Gasteiger partial charge in [-0.1, -0.05) is 30.0 Å². The standard InChI is InChI=1S/C16H15N5O3S2/c1-2-20-15(13-8-5-9-25-13)18-19-16(20)26-10-14(22)17-11-6-3-4-7-12(11)21(23)24/h3-9H,2,10H2,1H3,(H,17,22). The Labute approximate surface area is 157 Å². The second kappa shape index (κ2) is 8.11. The molecule has 3 rings (SSSR count). The number of thiophene rings is 1. The predicted molar refractivity (Wildman–Crippen MR) is 101 cm³/mol. The van der Waals surface area contributed by atoms with Crippen LogP contribution in [0.4, 0.5) is 11.4 Å². The molecule has 134 valence electrons. The molecular formula is C16H15N5O3S2. The summed E-state index contributed by atoms with van der Waals surface area (Å²) in [7, 11) is 0. The molecule has 0 radical (unpaired) electrons. The molecule has 0 fully saturated rings. The van der Waals surface area contributed by atoms with Gasteiger partial charge in [0.1, 0.15) is 5.69 Å². The maximum Gasteiger partial charge on any atom is 0.292 e. The van der Waals surface area contributed by atoms with E-state index in [2.05, 4.69) is 15.5 Å². The second-order valence-corrected chi connectivity index (χ2v) is 7.03. The van der Waals surface area contributed by atoms with E-state index in [0.717, 1.165) is 10.7 Å². The Balaban J connectivity index is 1.68. The van der Waals surface area contributed by atoms with E-state index < -0.39 is 4.92 Å². The number of hydrogen-bond acceptors (Lipinski definition) is 7. The molecule has 0 atom stereocenters. The molecule has 1 aromatic carbocycles. The molecule has 0 aliphatic rings. The molecule has 0 unspecified atom stereocenters. The van der Waals surface area contributed by atoms with Crippen molar-refractivity contribution in [1.82, 2.24) is 14.8 Å². The zero-order chi connectivity index (χ0) is 18.5. The molecule has 0 saturated heterocycles. The molecule has 2 aromatic heterocycles. The van der Waals surface area contributed by atoms with E-state index in [1.165, 1.54) is 23.9 Å². The van der Waals surface area contributed by atoms with Gasteiger partial charge in [0.25, 0.3) is 5.69 Å². The first-order chi connectivity index (χ1) is 12.6. The van der Waals surface area contributed by atoms with Crippen molar-refractivity contribution in [3.8, 4) is 10.7 Å². The summed E-state index contributed by atoms with van der Waals surface area (Å²) in [5.74, 6) is 0.506. The number of amides is 1. The molecular weight excluding hydrogens is 374 g/mol. The number of nitro groups is 1. The Morgan fingerprint density at radius 1 is 1.31 bits per heavy atom. The van der Waals surface area contributed by atoms with Gasteiger partial charge in [-0.15, -0.1) is 21.5 Å². The highest BCUT2D eigenvalue weighted by Crippen LogP contribution is 2.28. The van der Waals surface area contributed by atoms with Crippen LogP contribution in [0.5, 0.6) is 0 Å². The van der Waals surface area contributed by atoms with Crippen LogP contribution in [0.2, 0.25) is 0 Å². The van der Waals surface area contributed by atoms with Gasteiger partial charge in [0.15, 0.2) is 11.0 Å². The van der Waals surface area contributed by atoms with Crippen LogP contribution >= 0.6 is 23.1 Å². The molecule has 26 heavy (non-hydrogen) atoms. The topological polar surface area (TPSA) is 103 Å². The van der Waals surface area contributed by atoms with E-state index in [9.17, 15) is 14.9 Å². The van der Waals surface area contributed by atoms with E-state index in [-0.39, 0.29) is 23.0 Å². The van der Waals surface area contributed by atoms with Gasteiger partial charge in [0, 0.05) is 12.6 Å². The summed E-state index contributed by atoms with van der Waals surface area (Å²) in [6.45, 7) is 2.66. The number of nitro benzene ring substituents is 1. The summed E-state index contributed by atoms with van der Waals surface area (Å²) in [4.78, 5) is 23.7. The zero-order valence-electron chi connectivity index (χ0n) is 13.8. The minimum absolute atomic E-state index is 0.0780. The largest absolute Gasteiger partial charge is 0.320 e. The average molecular weight is 389 g/mol. The lowest BCUT2D eigenvalue weighted by molar-refractivity contribution is -0.383. The van der Waals surface area contributed by atoms with Gasteiger partial charge in [-0.3, -0.25) is 14.9 Å². The van der Waals surface area contributed by atoms with Crippen molar-refractivity contribution in [3.05, 3.63) is 51.9 Å². The highest BCUT2D eigenvalue weighted by molar-refractivity contribution is 7.99. The summed E-state index contributed by atoms with van der Waals surface area (Å²) in [5, 5.41) is 24.6. The Hall–Kier alpha value is -2.72. The number of carbonyl (C=O) groups excluding carboxylic acids is 1. The number of anilines is 1. The third-order valence-electron chi connectivity index (χ3n) is 3.48. The van der Waals surface area contributed by atoms with Crippen molar-refractivity contribution in [1.29, 1.82) is 0 Å². The molecule has 0 aliphatic heterocycles. The van der Waals surface area contributed by atoms with E-state index >= 15 is 0 Å². The van der Waals surface area contributed by atoms with Crippen LogP contribution < -0.4 is 5.32 Å². The Kier molecular flexibility index (Phi) is 5.64. The predicted octanol–water partition coefficient (Wildman–Crippen LogP) is 3.67. The summed E-state index contributed by atoms with van der Waals surface area (Å²) in [6.07, 6.45) is 0. The quantitative estimate of drug-likeness (QED) is 0.376. The Morgan fingerprint density at radius 2 is 2.12 bits per heavy atom. The van der Waals surface area contributed by atoms with Crippen LogP contribution in [0.25, 0.3) is 10.7 Å². The molecule has 10 heteroatoms. The SMILES string of the molecule is CCn1c(SCC(=O)Nc2ccccc2[N+](=O)[O-])nnc1-c1cccs1. The third kappa shape index (κ3) is 3.92. The molecule has 1 N–H and O–H groups in total. The number of rotatable bonds is 7. The van der Waals surface area contributed by atoms with Crippen LogP contribution in [0.15, 0.2) is 46.9 Å². The van der Waals surface area contributed by atoms with Crippen LogP contribution in [-0.4, -0.2) is 31.3 Å². The fourth-order valence-corrected chi connectivity index (χ4v) is 3.84. The van der Waals surface area contributed by atoms with Crippen molar-refractivity contribution in [2.24, 2.45) is 0 Å². The lowest BCUT2D eigenvalue weighted by Gasteiger charge is -2.07. The summed E-state index contributed by atoms with van der Waals surface area (Å²) in [6, 6.07) is 9.96. The molecule has 8 nitrogen and oxygen atoms in total. The van der Waals surface area contributed by atoms with Gasteiger partial charge in [-0.25, -0.2) is 0 Å². The number of carbonyl (C=O) groups is 1. The summed E-state index contributed by atoms with van der Waals surface area (Å²) >= 11 is 2.82. The Morgan fingerprint density at radius 3 is 2.81 bits per heavy atom. The van der Waals surface area contributed by atoms with Gasteiger partial charge in [-0.2, -0.15) is 0 Å². The molecule has 0 aliphatic carbocycles. The average Bonchev–Trinajstić information content (AvgIpc) is 3.29. The molecule has 3 aromatic rings. The first-order valence-electron chi connectivity index (χ1n) is 7.73. The van der Waals surface area contributed by atoms with Crippen molar-refractivity contribution < 1.29 is 9.72 Å². The minimum Gasteiger partial charge on any atom is -0.320 e. The number of nitrogens with zero attached hydrogens (tertiary/aromatic N) is 4. The zero-order valence-corrected chi connectivity index (χ0v) is 15.4. The molecule has 0 spiro atoms. The van der Waals surface area contributed by atoms with Crippen LogP contribution in [0, 0.1) is 10.1 Å². The van der Waals surface area contributed by atoms with Crippen LogP contribution in [0.1, 0.15) is 6.92 Å². The van der Waals surface area contributed by atoms with Crippen molar-refractivity contribution in [2.75, 3.05) is 11.1 Å². The van der Waals surface area contributed by atoms with Gasteiger partial charge in [-0.05, 0) is 24.4 Å². The third-order valence-corrected chi connectivity index (χ3v) is 5.31. The summed E-state index contributed by atoms with van der Waals surface area (Å²) < 4.78 is 1.94. The number of thioether (sulfide) groups is 1. The van der Waals surface area contributed by atoms with Gasteiger partial charge in [0.2, 0.25) is 5.91 Å². The van der Waals surface area contributed by atoms with Gasteiger partial charge < -0.3 is 9.88 Å². The monoisotopic (exact) mass is 389 g/mol. The van der Waals surface area contributed by atoms with Crippen LogP contribution in [0.3, 0.4) is 0 Å². The normalized spacial score (nSPS) is 10.7. The minimum atomic E-state index is -0.524. The maximum absolute atomic E-state index is 12.2. The second-order valence-electron chi connectivity index (χ2n) is 5.14. The maximum atomic E-state index is 12.2.